The number of benzene rings is 1. The third-order valence-corrected chi connectivity index (χ3v) is 2.54. The number of carbonyl (C=O) groups excluding carboxylic acids is 1. The fourth-order valence-electron chi connectivity index (χ4n) is 1.62. The average molecular weight is 280 g/mol. The predicted octanol–water partition coefficient (Wildman–Crippen LogP) is 2.04. The summed E-state index contributed by atoms with van der Waals surface area (Å²) in [6.45, 7) is 5.68. The maximum Gasteiger partial charge on any atom is 0.221 e. The van der Waals surface area contributed by atoms with Gasteiger partial charge in [0.25, 0.3) is 0 Å². The quantitative estimate of drug-likeness (QED) is 0.680. The van der Waals surface area contributed by atoms with E-state index in [9.17, 15) is 4.79 Å². The molecule has 1 aromatic rings. The van der Waals surface area contributed by atoms with Crippen molar-refractivity contribution in [3.63, 3.8) is 0 Å². The molecule has 0 saturated heterocycles. The van der Waals surface area contributed by atoms with Gasteiger partial charge in [-0.25, -0.2) is 0 Å². The van der Waals surface area contributed by atoms with Crippen molar-refractivity contribution in [2.45, 2.75) is 26.4 Å². The minimum atomic E-state index is 0.0225. The van der Waals surface area contributed by atoms with Gasteiger partial charge >= 0.3 is 0 Å². The summed E-state index contributed by atoms with van der Waals surface area (Å²) in [7, 11) is 1.61. The molecule has 1 rings (SSSR count). The topological polar surface area (TPSA) is 59.6 Å². The minimum Gasteiger partial charge on any atom is -0.491 e. The van der Waals surface area contributed by atoms with Crippen molar-refractivity contribution >= 4 is 11.6 Å². The van der Waals surface area contributed by atoms with Crippen LogP contribution in [0.15, 0.2) is 24.3 Å². The molecule has 0 aliphatic rings. The molecule has 1 amide bonds. The summed E-state index contributed by atoms with van der Waals surface area (Å²) in [6, 6.07) is 7.73. The SMILES string of the molecule is COCCNC(=O)CCNc1ccc(OC(C)C)cc1. The number of hydrogen-bond acceptors (Lipinski definition) is 4. The Morgan fingerprint density at radius 2 is 1.90 bits per heavy atom. The number of rotatable bonds is 9. The number of nitrogens with one attached hydrogen (secondary N) is 2. The second-order valence-electron chi connectivity index (χ2n) is 4.71. The summed E-state index contributed by atoms with van der Waals surface area (Å²) in [5.41, 5.74) is 0.978. The molecule has 112 valence electrons. The Morgan fingerprint density at radius 3 is 2.50 bits per heavy atom. The van der Waals surface area contributed by atoms with Crippen LogP contribution >= 0.6 is 0 Å². The molecule has 5 nitrogen and oxygen atoms in total. The number of amides is 1. The highest BCUT2D eigenvalue weighted by Gasteiger charge is 2.01. The van der Waals surface area contributed by atoms with Gasteiger partial charge in [0.15, 0.2) is 0 Å². The number of ether oxygens (including phenoxy) is 2. The Morgan fingerprint density at radius 1 is 1.20 bits per heavy atom. The molecule has 0 atom stereocenters. The third-order valence-electron chi connectivity index (χ3n) is 2.54. The van der Waals surface area contributed by atoms with E-state index in [-0.39, 0.29) is 12.0 Å². The lowest BCUT2D eigenvalue weighted by Crippen LogP contribution is -2.28. The summed E-state index contributed by atoms with van der Waals surface area (Å²) in [5.74, 6) is 0.872. The van der Waals surface area contributed by atoms with Gasteiger partial charge in [-0.3, -0.25) is 4.79 Å². The van der Waals surface area contributed by atoms with E-state index in [1.807, 2.05) is 38.1 Å². The third kappa shape index (κ3) is 6.99. The second kappa shape index (κ2) is 9.20. The highest BCUT2D eigenvalue weighted by molar-refractivity contribution is 5.76. The Labute approximate surface area is 120 Å². The first-order valence-corrected chi connectivity index (χ1v) is 6.88. The standard InChI is InChI=1S/C15H24N2O3/c1-12(2)20-14-6-4-13(5-7-14)16-9-8-15(18)17-10-11-19-3/h4-7,12,16H,8-11H2,1-3H3,(H,17,18). The zero-order chi connectivity index (χ0) is 14.8. The van der Waals surface area contributed by atoms with Crippen molar-refractivity contribution in [3.05, 3.63) is 24.3 Å². The van der Waals surface area contributed by atoms with E-state index in [0.29, 0.717) is 26.1 Å². The Hall–Kier alpha value is -1.75. The molecule has 1 aromatic carbocycles. The Kier molecular flexibility index (Phi) is 7.50. The number of anilines is 1. The minimum absolute atomic E-state index is 0.0225. The Balaban J connectivity index is 2.23. The predicted molar refractivity (Wildman–Crippen MR) is 80.2 cm³/mol. The first-order chi connectivity index (χ1) is 9.61. The highest BCUT2D eigenvalue weighted by Crippen LogP contribution is 2.16. The molecular formula is C15H24N2O3. The first kappa shape index (κ1) is 16.3. The van der Waals surface area contributed by atoms with Crippen LogP contribution in [0.2, 0.25) is 0 Å². The van der Waals surface area contributed by atoms with Gasteiger partial charge in [-0.05, 0) is 38.1 Å². The zero-order valence-electron chi connectivity index (χ0n) is 12.4. The van der Waals surface area contributed by atoms with Crippen LogP contribution in [0.5, 0.6) is 5.75 Å². The lowest BCUT2D eigenvalue weighted by molar-refractivity contribution is -0.121. The van der Waals surface area contributed by atoms with Crippen LogP contribution in [-0.2, 0) is 9.53 Å². The number of hydrogen-bond donors (Lipinski definition) is 2. The van der Waals surface area contributed by atoms with Gasteiger partial charge in [0, 0.05) is 32.3 Å². The summed E-state index contributed by atoms with van der Waals surface area (Å²) in [4.78, 5) is 11.5. The normalized spacial score (nSPS) is 10.4. The molecule has 20 heavy (non-hydrogen) atoms. The molecule has 0 saturated carbocycles. The fourth-order valence-corrected chi connectivity index (χ4v) is 1.62. The average Bonchev–Trinajstić information content (AvgIpc) is 2.40. The van der Waals surface area contributed by atoms with Crippen molar-refractivity contribution in [1.29, 1.82) is 0 Å². The highest BCUT2D eigenvalue weighted by atomic mass is 16.5. The zero-order valence-corrected chi connectivity index (χ0v) is 12.4. The lowest BCUT2D eigenvalue weighted by atomic mass is 10.3. The van der Waals surface area contributed by atoms with Gasteiger partial charge in [0.1, 0.15) is 5.75 Å². The van der Waals surface area contributed by atoms with E-state index >= 15 is 0 Å². The van der Waals surface area contributed by atoms with Gasteiger partial charge in [-0.2, -0.15) is 0 Å². The van der Waals surface area contributed by atoms with Gasteiger partial charge in [-0.15, -0.1) is 0 Å². The van der Waals surface area contributed by atoms with Crippen LogP contribution < -0.4 is 15.4 Å². The monoisotopic (exact) mass is 280 g/mol. The molecular weight excluding hydrogens is 256 g/mol. The van der Waals surface area contributed by atoms with E-state index < -0.39 is 0 Å². The molecule has 0 aliphatic carbocycles. The molecule has 0 aromatic heterocycles. The smallest absolute Gasteiger partial charge is 0.221 e. The van der Waals surface area contributed by atoms with Crippen LogP contribution in [0.1, 0.15) is 20.3 Å². The van der Waals surface area contributed by atoms with Crippen LogP contribution in [0, 0.1) is 0 Å². The van der Waals surface area contributed by atoms with E-state index in [1.165, 1.54) is 0 Å². The first-order valence-electron chi connectivity index (χ1n) is 6.88. The maximum absolute atomic E-state index is 11.5. The van der Waals surface area contributed by atoms with Gasteiger partial charge in [0.2, 0.25) is 5.91 Å². The van der Waals surface area contributed by atoms with Crippen LogP contribution in [0.4, 0.5) is 5.69 Å². The van der Waals surface area contributed by atoms with Crippen LogP contribution in [-0.4, -0.2) is 38.8 Å². The Bertz CT molecular complexity index is 391. The molecule has 0 radical (unpaired) electrons. The molecule has 0 spiro atoms. The van der Waals surface area contributed by atoms with E-state index in [2.05, 4.69) is 10.6 Å². The summed E-state index contributed by atoms with van der Waals surface area (Å²) < 4.78 is 10.4. The van der Waals surface area contributed by atoms with Crippen molar-refractivity contribution in [1.82, 2.24) is 5.32 Å². The fraction of sp³-hybridized carbons (Fsp3) is 0.533. The molecule has 0 unspecified atom stereocenters. The summed E-state index contributed by atoms with van der Waals surface area (Å²) in [5, 5.41) is 5.98. The molecule has 5 heteroatoms. The molecule has 0 fully saturated rings. The maximum atomic E-state index is 11.5. The van der Waals surface area contributed by atoms with Gasteiger partial charge < -0.3 is 20.1 Å². The molecule has 0 bridgehead atoms. The second-order valence-corrected chi connectivity index (χ2v) is 4.71. The van der Waals surface area contributed by atoms with Gasteiger partial charge in [0.05, 0.1) is 12.7 Å². The molecule has 0 aliphatic heterocycles. The van der Waals surface area contributed by atoms with Crippen molar-refractivity contribution in [2.24, 2.45) is 0 Å². The molecule has 0 heterocycles. The van der Waals surface area contributed by atoms with E-state index in [0.717, 1.165) is 11.4 Å². The van der Waals surface area contributed by atoms with Crippen molar-refractivity contribution < 1.29 is 14.3 Å². The summed E-state index contributed by atoms with van der Waals surface area (Å²) >= 11 is 0. The van der Waals surface area contributed by atoms with Crippen LogP contribution in [0.3, 0.4) is 0 Å². The number of carbonyl (C=O) groups is 1. The summed E-state index contributed by atoms with van der Waals surface area (Å²) in [6.07, 6.45) is 0.609. The molecule has 2 N–H and O–H groups in total. The van der Waals surface area contributed by atoms with E-state index in [1.54, 1.807) is 7.11 Å². The van der Waals surface area contributed by atoms with Crippen molar-refractivity contribution in [2.75, 3.05) is 32.1 Å². The largest absolute Gasteiger partial charge is 0.491 e. The number of methoxy groups -OCH3 is 1. The lowest BCUT2D eigenvalue weighted by Gasteiger charge is -2.11. The van der Waals surface area contributed by atoms with Gasteiger partial charge in [-0.1, -0.05) is 0 Å². The van der Waals surface area contributed by atoms with Crippen LogP contribution in [0.25, 0.3) is 0 Å². The van der Waals surface area contributed by atoms with E-state index in [4.69, 9.17) is 9.47 Å². The van der Waals surface area contributed by atoms with Crippen molar-refractivity contribution in [3.8, 4) is 5.75 Å².